The van der Waals surface area contributed by atoms with E-state index in [1.165, 1.54) is 24.2 Å². The molecule has 1 saturated carbocycles. The first-order chi connectivity index (χ1) is 18.1. The molecule has 0 amide bonds. The van der Waals surface area contributed by atoms with Crippen LogP contribution < -0.4 is 5.14 Å². The minimum absolute atomic E-state index is 0.0876. The molecule has 2 heterocycles. The molecule has 0 radical (unpaired) electrons. The van der Waals surface area contributed by atoms with Gasteiger partial charge >= 0.3 is 5.97 Å². The first kappa shape index (κ1) is 26.8. The second kappa shape index (κ2) is 10.8. The number of rotatable bonds is 9. The van der Waals surface area contributed by atoms with E-state index in [2.05, 4.69) is 38.7 Å². The van der Waals surface area contributed by atoms with Crippen LogP contribution in [0.5, 0.6) is 0 Å². The topological polar surface area (TPSA) is 104 Å². The van der Waals surface area contributed by atoms with Crippen molar-refractivity contribution in [1.82, 2.24) is 9.55 Å². The molecule has 7 nitrogen and oxygen atoms in total. The molecule has 2 aromatic carbocycles. The molecule has 38 heavy (non-hydrogen) atoms. The van der Waals surface area contributed by atoms with Crippen LogP contribution in [0.15, 0.2) is 64.0 Å². The number of esters is 1. The molecule has 0 saturated heterocycles. The van der Waals surface area contributed by atoms with Gasteiger partial charge in [0.05, 0.1) is 11.5 Å². The van der Waals surface area contributed by atoms with Gasteiger partial charge in [-0.2, -0.15) is 0 Å². The van der Waals surface area contributed by atoms with E-state index in [1.807, 2.05) is 19.1 Å². The number of thiazole rings is 1. The minimum atomic E-state index is -3.77. The van der Waals surface area contributed by atoms with Gasteiger partial charge in [-0.3, -0.25) is 0 Å². The number of aryl methyl sites for hydroxylation is 1. The largest absolute Gasteiger partial charge is 0.461 e. The van der Waals surface area contributed by atoms with E-state index in [-0.39, 0.29) is 4.90 Å². The molecule has 2 aromatic heterocycles. The van der Waals surface area contributed by atoms with E-state index in [0.717, 1.165) is 48.9 Å². The molecular formula is C28H28BrN3O4S2. The molecule has 4 aromatic rings. The summed E-state index contributed by atoms with van der Waals surface area (Å²) in [6, 6.07) is 17.0. The normalized spacial score (nSPS) is 13.6. The number of nitrogens with two attached hydrogens (primary N) is 1. The maximum atomic E-state index is 12.5. The predicted molar refractivity (Wildman–Crippen MR) is 153 cm³/mol. The van der Waals surface area contributed by atoms with Gasteiger partial charge in [-0.25, -0.2) is 23.3 Å². The Kier molecular flexibility index (Phi) is 7.59. The van der Waals surface area contributed by atoms with Crippen LogP contribution in [0.4, 0.5) is 0 Å². The average Bonchev–Trinajstić information content (AvgIpc) is 3.51. The van der Waals surface area contributed by atoms with Gasteiger partial charge in [0.2, 0.25) is 10.0 Å². The number of hydrogen-bond donors (Lipinski definition) is 1. The third kappa shape index (κ3) is 5.78. The lowest BCUT2D eigenvalue weighted by molar-refractivity contribution is 0.0519. The van der Waals surface area contributed by atoms with E-state index < -0.39 is 16.0 Å². The van der Waals surface area contributed by atoms with Crippen LogP contribution >= 0.6 is 27.3 Å². The monoisotopic (exact) mass is 613 g/mol. The second-order valence-corrected chi connectivity index (χ2v) is 13.1. The first-order valence-electron chi connectivity index (χ1n) is 12.4. The molecular weight excluding hydrogens is 586 g/mol. The highest BCUT2D eigenvalue weighted by molar-refractivity contribution is 9.10. The molecule has 1 aliphatic carbocycles. The molecule has 0 unspecified atom stereocenters. The van der Waals surface area contributed by atoms with E-state index >= 15 is 0 Å². The molecule has 198 valence electrons. The summed E-state index contributed by atoms with van der Waals surface area (Å²) < 4.78 is 32.0. The Balaban J connectivity index is 1.66. The molecule has 0 spiro atoms. The van der Waals surface area contributed by atoms with Crippen LogP contribution in [-0.2, 0) is 27.7 Å². The predicted octanol–water partition coefficient (Wildman–Crippen LogP) is 6.17. The summed E-state index contributed by atoms with van der Waals surface area (Å²) in [6.07, 6.45) is 3.27. The molecule has 1 aliphatic rings. The van der Waals surface area contributed by atoms with Crippen molar-refractivity contribution < 1.29 is 17.9 Å². The number of aromatic nitrogens is 2. The lowest BCUT2D eigenvalue weighted by Crippen LogP contribution is -2.12. The van der Waals surface area contributed by atoms with E-state index in [1.54, 1.807) is 31.2 Å². The number of hydrogen-bond acceptors (Lipinski definition) is 6. The number of nitrogens with zero attached hydrogens (tertiary/aromatic N) is 2. The number of carbonyl (C=O) groups excluding carboxylic acids is 1. The van der Waals surface area contributed by atoms with Gasteiger partial charge in [0.25, 0.3) is 0 Å². The zero-order valence-electron chi connectivity index (χ0n) is 21.1. The lowest BCUT2D eigenvalue weighted by Gasteiger charge is -2.15. The Morgan fingerprint density at radius 2 is 1.92 bits per heavy atom. The zero-order valence-corrected chi connectivity index (χ0v) is 24.3. The third-order valence-corrected chi connectivity index (χ3v) is 9.02. The Bertz CT molecular complexity index is 1600. The van der Waals surface area contributed by atoms with Crippen LogP contribution in [0.25, 0.3) is 21.8 Å². The molecule has 2 N–H and O–H groups in total. The Labute approximate surface area is 234 Å². The molecule has 0 bridgehead atoms. The standard InChI is InChI=1S/C28H28BrN3O4S2/c1-3-36-28(33)26-17(2)37-27(31-26)23-15-24(20-5-4-6-21(29)14-20)32(25(23)13-18-7-8-18)16-19-9-11-22(12-10-19)38(30,34)35/h4-6,9-12,14-15,18H,3,7-8,13,16H2,1-2H3,(H2,30,34,35). The summed E-state index contributed by atoms with van der Waals surface area (Å²) in [5.41, 5.74) is 5.55. The SMILES string of the molecule is CCOC(=O)c1nc(-c2cc(-c3cccc(Br)c3)n(Cc3ccc(S(N)(=O)=O)cc3)c2CC2CC2)sc1C. The van der Waals surface area contributed by atoms with E-state index in [4.69, 9.17) is 14.9 Å². The van der Waals surface area contributed by atoms with Crippen LogP contribution in [0.3, 0.4) is 0 Å². The van der Waals surface area contributed by atoms with Crippen molar-refractivity contribution in [2.24, 2.45) is 11.1 Å². The van der Waals surface area contributed by atoms with E-state index in [0.29, 0.717) is 24.8 Å². The number of primary sulfonamides is 1. The van der Waals surface area contributed by atoms with Crippen LogP contribution in [0, 0.1) is 12.8 Å². The molecule has 0 atom stereocenters. The van der Waals surface area contributed by atoms with Gasteiger partial charge in [0, 0.05) is 32.8 Å². The average molecular weight is 615 g/mol. The van der Waals surface area contributed by atoms with Gasteiger partial charge in [-0.05, 0) is 80.5 Å². The maximum absolute atomic E-state index is 12.5. The van der Waals surface area contributed by atoms with Crippen molar-refractivity contribution in [2.75, 3.05) is 6.61 Å². The summed E-state index contributed by atoms with van der Waals surface area (Å²) in [6.45, 7) is 4.52. The van der Waals surface area contributed by atoms with Crippen molar-refractivity contribution in [3.63, 3.8) is 0 Å². The summed E-state index contributed by atoms with van der Waals surface area (Å²) >= 11 is 5.10. The van der Waals surface area contributed by atoms with Gasteiger partial charge in [-0.15, -0.1) is 11.3 Å². The fourth-order valence-electron chi connectivity index (χ4n) is 4.52. The molecule has 0 aliphatic heterocycles. The Morgan fingerprint density at radius 1 is 1.18 bits per heavy atom. The number of carbonyl (C=O) groups is 1. The van der Waals surface area contributed by atoms with Crippen molar-refractivity contribution in [3.05, 3.63) is 80.9 Å². The highest BCUT2D eigenvalue weighted by Gasteiger charge is 2.29. The molecule has 10 heteroatoms. The van der Waals surface area contributed by atoms with Crippen molar-refractivity contribution in [1.29, 1.82) is 0 Å². The van der Waals surface area contributed by atoms with Crippen LogP contribution in [0.2, 0.25) is 0 Å². The van der Waals surface area contributed by atoms with Gasteiger partial charge in [-0.1, -0.05) is 40.2 Å². The molecule has 5 rings (SSSR count). The quantitative estimate of drug-likeness (QED) is 0.227. The summed E-state index contributed by atoms with van der Waals surface area (Å²) in [7, 11) is -3.77. The zero-order chi connectivity index (χ0) is 27.0. The van der Waals surface area contributed by atoms with Gasteiger partial charge < -0.3 is 9.30 Å². The fraction of sp³-hybridized carbons (Fsp3) is 0.286. The minimum Gasteiger partial charge on any atom is -0.461 e. The fourth-order valence-corrected chi connectivity index (χ4v) is 6.38. The molecule has 1 fully saturated rings. The maximum Gasteiger partial charge on any atom is 0.358 e. The third-order valence-electron chi connectivity index (χ3n) is 6.60. The van der Waals surface area contributed by atoms with Crippen molar-refractivity contribution in [2.45, 2.75) is 44.6 Å². The van der Waals surface area contributed by atoms with Crippen molar-refractivity contribution >= 4 is 43.3 Å². The highest BCUT2D eigenvalue weighted by atomic mass is 79.9. The summed E-state index contributed by atoms with van der Waals surface area (Å²) in [5.74, 6) is 0.200. The summed E-state index contributed by atoms with van der Waals surface area (Å²) in [4.78, 5) is 18.2. The number of benzene rings is 2. The number of halogens is 1. The van der Waals surface area contributed by atoms with Crippen LogP contribution in [-0.4, -0.2) is 30.5 Å². The number of sulfonamides is 1. The summed E-state index contributed by atoms with van der Waals surface area (Å²) in [5, 5.41) is 6.10. The Hall–Kier alpha value is -2.79. The lowest BCUT2D eigenvalue weighted by atomic mass is 10.1. The Morgan fingerprint density at radius 3 is 2.55 bits per heavy atom. The number of ether oxygens (including phenoxy) is 1. The second-order valence-electron chi connectivity index (χ2n) is 9.47. The highest BCUT2D eigenvalue weighted by Crippen LogP contribution is 2.41. The van der Waals surface area contributed by atoms with Crippen LogP contribution in [0.1, 0.15) is 46.4 Å². The smallest absolute Gasteiger partial charge is 0.358 e. The van der Waals surface area contributed by atoms with Gasteiger partial charge in [0.1, 0.15) is 5.01 Å². The van der Waals surface area contributed by atoms with Gasteiger partial charge in [0.15, 0.2) is 5.69 Å². The first-order valence-corrected chi connectivity index (χ1v) is 15.5. The van der Waals surface area contributed by atoms with Crippen molar-refractivity contribution in [3.8, 4) is 21.8 Å². The van der Waals surface area contributed by atoms with E-state index in [9.17, 15) is 13.2 Å².